The second kappa shape index (κ2) is 11.2. The first-order valence-electron chi connectivity index (χ1n) is 12.5. The van der Waals surface area contributed by atoms with Crippen molar-refractivity contribution < 1.29 is 22.7 Å². The first-order valence-corrected chi connectivity index (χ1v) is 12.5. The molecule has 208 valence electrons. The number of rotatable bonds is 6. The molecule has 1 N–H and O–H groups in total. The quantitative estimate of drug-likeness (QED) is 0.479. The van der Waals surface area contributed by atoms with Gasteiger partial charge in [0.25, 0.3) is 11.5 Å². The largest absolute Gasteiger partial charge is 0.461 e. The Balaban J connectivity index is 1.21. The van der Waals surface area contributed by atoms with E-state index in [0.717, 1.165) is 12.0 Å². The molecule has 0 bridgehead atoms. The van der Waals surface area contributed by atoms with Gasteiger partial charge in [-0.3, -0.25) is 9.59 Å². The monoisotopic (exact) mass is 555 g/mol. The van der Waals surface area contributed by atoms with Gasteiger partial charge in [-0.15, -0.1) is 0 Å². The van der Waals surface area contributed by atoms with Crippen molar-refractivity contribution in [2.75, 3.05) is 49.1 Å². The Hall–Kier alpha value is -4.74. The van der Waals surface area contributed by atoms with Crippen LogP contribution < -0.4 is 20.1 Å². The predicted octanol–water partition coefficient (Wildman–Crippen LogP) is 1.86. The van der Waals surface area contributed by atoms with Crippen LogP contribution in [-0.4, -0.2) is 81.3 Å². The Morgan fingerprint density at radius 3 is 2.62 bits per heavy atom. The van der Waals surface area contributed by atoms with E-state index in [1.807, 2.05) is 16.1 Å². The number of amides is 1. The van der Waals surface area contributed by atoms with Gasteiger partial charge in [0.15, 0.2) is 0 Å². The lowest BCUT2D eigenvalue weighted by atomic mass is 10.2. The molecule has 2 saturated heterocycles. The Labute approximate surface area is 226 Å². The maximum absolute atomic E-state index is 13.6. The normalized spacial score (nSPS) is 17.6. The number of alkyl halides is 3. The summed E-state index contributed by atoms with van der Waals surface area (Å²) >= 11 is 0. The summed E-state index contributed by atoms with van der Waals surface area (Å²) in [6, 6.07) is 6.42. The maximum Gasteiger partial charge on any atom is 0.423 e. The molecule has 0 saturated carbocycles. The highest BCUT2D eigenvalue weighted by Crippen LogP contribution is 2.36. The summed E-state index contributed by atoms with van der Waals surface area (Å²) in [5, 5.41) is 14.3. The second-order valence-corrected chi connectivity index (χ2v) is 9.28. The molecule has 5 heterocycles. The zero-order chi connectivity index (χ0) is 28.3. The number of pyridine rings is 1. The maximum atomic E-state index is 13.6. The number of hydrogen-bond donors (Lipinski definition) is 1. The first-order chi connectivity index (χ1) is 19.2. The number of nitrogens with zero attached hydrogens (tertiary/aromatic N) is 8. The molecule has 1 amide bonds. The number of nitrogens with one attached hydrogen (secondary N) is 1. The van der Waals surface area contributed by atoms with Crippen molar-refractivity contribution in [1.29, 1.82) is 5.26 Å². The van der Waals surface area contributed by atoms with Gasteiger partial charge in [-0.05, 0) is 31.0 Å². The SMILES string of the molecule is N#Cc1ccc(N2CCN(C(=O)c3ccnc(OC[C@@H]4CCCN4c4cn[nH]c(=O)c4C(F)(F)F)n3)CC2)nc1. The lowest BCUT2D eigenvalue weighted by Gasteiger charge is -2.35. The number of H-pyrrole nitrogens is 1. The molecule has 0 spiro atoms. The lowest BCUT2D eigenvalue weighted by molar-refractivity contribution is -0.138. The zero-order valence-electron chi connectivity index (χ0n) is 21.1. The van der Waals surface area contributed by atoms with Crippen LogP contribution in [0.4, 0.5) is 24.7 Å². The summed E-state index contributed by atoms with van der Waals surface area (Å²) < 4.78 is 46.4. The van der Waals surface area contributed by atoms with Crippen molar-refractivity contribution in [3.8, 4) is 12.1 Å². The number of aromatic amines is 1. The number of carbonyl (C=O) groups is 1. The fourth-order valence-corrected chi connectivity index (χ4v) is 4.85. The number of hydrogen-bond acceptors (Lipinski definition) is 10. The fraction of sp³-hybridized carbons (Fsp3) is 0.400. The van der Waals surface area contributed by atoms with Crippen LogP contribution in [0.25, 0.3) is 0 Å². The van der Waals surface area contributed by atoms with Gasteiger partial charge in [0, 0.05) is 45.1 Å². The van der Waals surface area contributed by atoms with E-state index >= 15 is 0 Å². The molecule has 40 heavy (non-hydrogen) atoms. The molecule has 2 fully saturated rings. The molecule has 2 aliphatic rings. The number of anilines is 2. The number of halogens is 3. The molecule has 12 nitrogen and oxygen atoms in total. The molecule has 0 aliphatic carbocycles. The van der Waals surface area contributed by atoms with E-state index in [4.69, 9.17) is 10.00 Å². The molecule has 2 aliphatic heterocycles. The molecular weight excluding hydrogens is 531 g/mol. The van der Waals surface area contributed by atoms with Crippen LogP contribution in [0.5, 0.6) is 6.01 Å². The van der Waals surface area contributed by atoms with Crippen molar-refractivity contribution in [2.45, 2.75) is 25.1 Å². The smallest absolute Gasteiger partial charge is 0.423 e. The van der Waals surface area contributed by atoms with Crippen LogP contribution in [0, 0.1) is 11.3 Å². The fourth-order valence-electron chi connectivity index (χ4n) is 4.85. The van der Waals surface area contributed by atoms with Gasteiger partial charge in [-0.2, -0.15) is 28.5 Å². The summed E-state index contributed by atoms with van der Waals surface area (Å²) in [5.74, 6) is 0.426. The van der Waals surface area contributed by atoms with Gasteiger partial charge in [0.2, 0.25) is 0 Å². The number of carbonyl (C=O) groups excluding carboxylic acids is 1. The summed E-state index contributed by atoms with van der Waals surface area (Å²) in [6.45, 7) is 2.22. The van der Waals surface area contributed by atoms with Crippen LogP contribution in [0.1, 0.15) is 34.5 Å². The van der Waals surface area contributed by atoms with E-state index in [0.29, 0.717) is 51.1 Å². The molecule has 3 aromatic rings. The Kier molecular flexibility index (Phi) is 7.50. The highest BCUT2D eigenvalue weighted by Gasteiger charge is 2.41. The minimum Gasteiger partial charge on any atom is -0.461 e. The van der Waals surface area contributed by atoms with Gasteiger partial charge >= 0.3 is 12.2 Å². The van der Waals surface area contributed by atoms with Gasteiger partial charge in [-0.25, -0.2) is 15.1 Å². The van der Waals surface area contributed by atoms with Gasteiger partial charge in [0.1, 0.15) is 29.8 Å². The van der Waals surface area contributed by atoms with E-state index in [1.165, 1.54) is 23.4 Å². The summed E-state index contributed by atoms with van der Waals surface area (Å²) in [7, 11) is 0. The summed E-state index contributed by atoms with van der Waals surface area (Å²) in [6.07, 6.45) is 0.173. The number of ether oxygens (including phenoxy) is 1. The van der Waals surface area contributed by atoms with E-state index in [9.17, 15) is 22.8 Å². The van der Waals surface area contributed by atoms with Crippen LogP contribution >= 0.6 is 0 Å². The molecule has 15 heteroatoms. The van der Waals surface area contributed by atoms with Gasteiger partial charge < -0.3 is 19.4 Å². The van der Waals surface area contributed by atoms with Crippen molar-refractivity contribution >= 4 is 17.4 Å². The van der Waals surface area contributed by atoms with Crippen LogP contribution in [-0.2, 0) is 6.18 Å². The van der Waals surface area contributed by atoms with Gasteiger partial charge in [0.05, 0.1) is 23.5 Å². The second-order valence-electron chi connectivity index (χ2n) is 9.28. The molecule has 1 atom stereocenters. The van der Waals surface area contributed by atoms with E-state index in [-0.39, 0.29) is 29.9 Å². The standard InChI is InChI=1S/C25H24F3N9O3/c26-25(27,28)21-19(14-32-34-22(21)38)37-7-1-2-17(37)15-40-24-30-6-5-18(33-24)23(39)36-10-8-35(9-11-36)20-4-3-16(12-29)13-31-20/h3-6,13-14,17H,1-2,7-11,15H2,(H,34,38)/t17-/m0/s1. The van der Waals surface area contributed by atoms with Crippen LogP contribution in [0.15, 0.2) is 41.6 Å². The van der Waals surface area contributed by atoms with Crippen molar-refractivity contribution in [3.05, 3.63) is 64.0 Å². The number of nitriles is 1. The highest BCUT2D eigenvalue weighted by atomic mass is 19.4. The Bertz CT molecular complexity index is 1470. The zero-order valence-corrected chi connectivity index (χ0v) is 21.1. The third kappa shape index (κ3) is 5.65. The average molecular weight is 556 g/mol. The Morgan fingerprint density at radius 1 is 1.12 bits per heavy atom. The number of piperazine rings is 1. The minimum absolute atomic E-state index is 0.0436. The third-order valence-corrected chi connectivity index (χ3v) is 6.83. The first kappa shape index (κ1) is 26.9. The van der Waals surface area contributed by atoms with E-state index < -0.39 is 23.3 Å². The molecule has 5 rings (SSSR count). The summed E-state index contributed by atoms with van der Waals surface area (Å²) in [4.78, 5) is 42.7. The molecular formula is C25H24F3N9O3. The predicted molar refractivity (Wildman–Crippen MR) is 135 cm³/mol. The van der Waals surface area contributed by atoms with Crippen molar-refractivity contribution in [1.82, 2.24) is 30.0 Å². The topological polar surface area (TPSA) is 144 Å². The molecule has 0 aromatic carbocycles. The van der Waals surface area contributed by atoms with Crippen LogP contribution in [0.2, 0.25) is 0 Å². The van der Waals surface area contributed by atoms with Gasteiger partial charge in [-0.1, -0.05) is 0 Å². The van der Waals surface area contributed by atoms with E-state index in [1.54, 1.807) is 17.0 Å². The average Bonchev–Trinajstić information content (AvgIpc) is 3.44. The Morgan fingerprint density at radius 2 is 1.93 bits per heavy atom. The molecule has 0 unspecified atom stereocenters. The molecule has 0 radical (unpaired) electrons. The van der Waals surface area contributed by atoms with Crippen LogP contribution in [0.3, 0.4) is 0 Å². The third-order valence-electron chi connectivity index (χ3n) is 6.83. The highest BCUT2D eigenvalue weighted by molar-refractivity contribution is 5.92. The summed E-state index contributed by atoms with van der Waals surface area (Å²) in [5.41, 5.74) is -2.30. The van der Waals surface area contributed by atoms with Crippen molar-refractivity contribution in [2.24, 2.45) is 0 Å². The number of aromatic nitrogens is 5. The molecule has 3 aromatic heterocycles. The van der Waals surface area contributed by atoms with E-state index in [2.05, 4.69) is 20.1 Å². The van der Waals surface area contributed by atoms with Crippen molar-refractivity contribution in [3.63, 3.8) is 0 Å². The minimum atomic E-state index is -4.85. The lowest BCUT2D eigenvalue weighted by Crippen LogP contribution is -2.49.